The quantitative estimate of drug-likeness (QED) is 0.728. The third kappa shape index (κ3) is 4.99. The van der Waals surface area contributed by atoms with Gasteiger partial charge >= 0.3 is 0 Å². The first kappa shape index (κ1) is 20.1. The Hall–Kier alpha value is -1.67. The van der Waals surface area contributed by atoms with Gasteiger partial charge in [-0.15, -0.1) is 0 Å². The van der Waals surface area contributed by atoms with E-state index in [-0.39, 0.29) is 11.0 Å². The summed E-state index contributed by atoms with van der Waals surface area (Å²) in [4.78, 5) is 7.11. The van der Waals surface area contributed by atoms with Gasteiger partial charge in [-0.2, -0.15) is 4.37 Å². The van der Waals surface area contributed by atoms with Gasteiger partial charge in [-0.1, -0.05) is 13.8 Å². The molecule has 1 saturated heterocycles. The van der Waals surface area contributed by atoms with Crippen LogP contribution in [-0.2, 0) is 9.84 Å². The lowest BCUT2D eigenvalue weighted by atomic mass is 9.92. The standard InChI is InChI=1S/C19H26N3O3S2/c1-13(2)18-20-19(26-21-18)22-10-8-15(9-11-22)14(3)25-16-6-5-7-17(12-16)27(4,23)24/h5-6,12-15H,8-11H2,1-4H3. The molecule has 3 rings (SSSR count). The van der Waals surface area contributed by atoms with Crippen molar-refractivity contribution in [1.82, 2.24) is 9.36 Å². The zero-order valence-corrected chi connectivity index (χ0v) is 17.8. The smallest absolute Gasteiger partial charge is 0.205 e. The molecule has 1 fully saturated rings. The number of ether oxygens (including phenoxy) is 1. The lowest BCUT2D eigenvalue weighted by Crippen LogP contribution is -2.38. The predicted octanol–water partition coefficient (Wildman–Crippen LogP) is 3.55. The second kappa shape index (κ2) is 8.14. The van der Waals surface area contributed by atoms with Crippen molar-refractivity contribution in [1.29, 1.82) is 0 Å². The molecule has 0 aliphatic carbocycles. The van der Waals surface area contributed by atoms with E-state index in [1.807, 2.05) is 0 Å². The van der Waals surface area contributed by atoms with Crippen LogP contribution in [0.15, 0.2) is 23.1 Å². The summed E-state index contributed by atoms with van der Waals surface area (Å²) < 4.78 is 33.8. The SMILES string of the molecule is CC(C)c1nsc(N2CCC(C(C)Oc3cc[c]c(S(C)(=O)=O)c3)CC2)n1. The molecule has 1 radical (unpaired) electrons. The van der Waals surface area contributed by atoms with E-state index in [2.05, 4.69) is 41.1 Å². The minimum absolute atomic E-state index is 0.0163. The number of hydrogen-bond acceptors (Lipinski definition) is 7. The Bertz CT molecular complexity index is 872. The van der Waals surface area contributed by atoms with E-state index < -0.39 is 9.84 Å². The van der Waals surface area contributed by atoms with E-state index in [1.54, 1.807) is 18.2 Å². The summed E-state index contributed by atoms with van der Waals surface area (Å²) in [6, 6.07) is 7.66. The van der Waals surface area contributed by atoms with Gasteiger partial charge in [0, 0.05) is 42.9 Å². The minimum Gasteiger partial charge on any atom is -0.490 e. The number of hydrogen-bond donors (Lipinski definition) is 0. The van der Waals surface area contributed by atoms with Gasteiger partial charge in [-0.05, 0) is 43.9 Å². The summed E-state index contributed by atoms with van der Waals surface area (Å²) in [7, 11) is -3.28. The van der Waals surface area contributed by atoms with Crippen LogP contribution in [0.3, 0.4) is 0 Å². The molecule has 1 aliphatic rings. The first-order valence-corrected chi connectivity index (χ1v) is 11.9. The van der Waals surface area contributed by atoms with Crippen molar-refractivity contribution in [3.05, 3.63) is 30.1 Å². The average Bonchev–Trinajstić information content (AvgIpc) is 3.12. The minimum atomic E-state index is -3.28. The topological polar surface area (TPSA) is 72.4 Å². The van der Waals surface area contributed by atoms with Gasteiger partial charge in [-0.3, -0.25) is 0 Å². The highest BCUT2D eigenvalue weighted by molar-refractivity contribution is 7.90. The first-order valence-electron chi connectivity index (χ1n) is 9.21. The van der Waals surface area contributed by atoms with Gasteiger partial charge in [0.15, 0.2) is 9.84 Å². The number of aromatic nitrogens is 2. The lowest BCUT2D eigenvalue weighted by molar-refractivity contribution is 0.132. The van der Waals surface area contributed by atoms with E-state index in [1.165, 1.54) is 17.8 Å². The summed E-state index contributed by atoms with van der Waals surface area (Å²) in [5.74, 6) is 2.26. The molecule has 2 aromatic rings. The zero-order chi connectivity index (χ0) is 19.6. The van der Waals surface area contributed by atoms with Gasteiger partial charge in [-0.25, -0.2) is 13.4 Å². The number of anilines is 1. The third-order valence-corrected chi connectivity index (χ3v) is 6.72. The molecule has 0 spiro atoms. The molecule has 0 bridgehead atoms. The molecule has 1 atom stereocenters. The molecule has 0 amide bonds. The fourth-order valence-corrected chi connectivity index (χ4v) is 4.64. The number of nitrogens with zero attached hydrogens (tertiary/aromatic N) is 3. The zero-order valence-electron chi connectivity index (χ0n) is 16.2. The van der Waals surface area contributed by atoms with Crippen LogP contribution in [-0.4, -0.2) is 43.2 Å². The van der Waals surface area contributed by atoms with Gasteiger partial charge < -0.3 is 9.64 Å². The van der Waals surface area contributed by atoms with Crippen molar-refractivity contribution in [3.63, 3.8) is 0 Å². The molecule has 0 N–H and O–H groups in total. The lowest BCUT2D eigenvalue weighted by Gasteiger charge is -2.34. The monoisotopic (exact) mass is 408 g/mol. The summed E-state index contributed by atoms with van der Waals surface area (Å²) in [5, 5.41) is 1.00. The van der Waals surface area contributed by atoms with Crippen molar-refractivity contribution < 1.29 is 13.2 Å². The molecular formula is C19H26N3O3S2. The van der Waals surface area contributed by atoms with Gasteiger partial charge in [0.2, 0.25) is 5.13 Å². The van der Waals surface area contributed by atoms with Gasteiger partial charge in [0.05, 0.1) is 11.0 Å². The molecule has 27 heavy (non-hydrogen) atoms. The maximum atomic E-state index is 11.7. The molecular weight excluding hydrogens is 382 g/mol. The number of rotatable bonds is 6. The van der Waals surface area contributed by atoms with E-state index in [9.17, 15) is 8.42 Å². The molecule has 147 valence electrons. The summed E-state index contributed by atoms with van der Waals surface area (Å²) in [5.41, 5.74) is 0. The highest BCUT2D eigenvalue weighted by atomic mass is 32.2. The van der Waals surface area contributed by atoms with Crippen LogP contribution in [0.5, 0.6) is 5.75 Å². The fraction of sp³-hybridized carbons (Fsp3) is 0.579. The van der Waals surface area contributed by atoms with Crippen LogP contribution in [0.4, 0.5) is 5.13 Å². The van der Waals surface area contributed by atoms with E-state index in [0.717, 1.165) is 36.9 Å². The molecule has 0 saturated carbocycles. The molecule has 1 aromatic heterocycles. The average molecular weight is 409 g/mol. The maximum absolute atomic E-state index is 11.7. The maximum Gasteiger partial charge on any atom is 0.205 e. The molecule has 1 unspecified atom stereocenters. The number of piperidine rings is 1. The predicted molar refractivity (Wildman–Crippen MR) is 107 cm³/mol. The summed E-state index contributed by atoms with van der Waals surface area (Å²) in [6.45, 7) is 8.13. The molecule has 2 heterocycles. The van der Waals surface area contributed by atoms with Crippen molar-refractivity contribution in [2.75, 3.05) is 24.2 Å². The largest absolute Gasteiger partial charge is 0.490 e. The molecule has 1 aromatic carbocycles. The Kier molecular flexibility index (Phi) is 6.05. The Morgan fingerprint density at radius 2 is 2.00 bits per heavy atom. The third-order valence-electron chi connectivity index (χ3n) is 4.89. The number of benzene rings is 1. The molecule has 8 heteroatoms. The van der Waals surface area contributed by atoms with Crippen LogP contribution in [0.1, 0.15) is 45.4 Å². The summed E-state index contributed by atoms with van der Waals surface area (Å²) in [6.07, 6.45) is 3.22. The molecule has 1 aliphatic heterocycles. The van der Waals surface area contributed by atoms with Gasteiger partial charge in [0.1, 0.15) is 11.6 Å². The van der Waals surface area contributed by atoms with Crippen LogP contribution in [0, 0.1) is 12.0 Å². The molecule has 6 nitrogen and oxygen atoms in total. The number of sulfone groups is 1. The highest BCUT2D eigenvalue weighted by Gasteiger charge is 2.27. The Labute approximate surface area is 165 Å². The van der Waals surface area contributed by atoms with Crippen LogP contribution in [0.2, 0.25) is 0 Å². The van der Waals surface area contributed by atoms with Crippen molar-refractivity contribution in [2.24, 2.45) is 5.92 Å². The van der Waals surface area contributed by atoms with E-state index in [0.29, 0.717) is 17.6 Å². The van der Waals surface area contributed by atoms with E-state index >= 15 is 0 Å². The second-order valence-electron chi connectivity index (χ2n) is 7.40. The van der Waals surface area contributed by atoms with Crippen LogP contribution >= 0.6 is 11.5 Å². The van der Waals surface area contributed by atoms with Crippen molar-refractivity contribution in [3.8, 4) is 5.75 Å². The van der Waals surface area contributed by atoms with Gasteiger partial charge in [0.25, 0.3) is 0 Å². The first-order chi connectivity index (χ1) is 12.7. The summed E-state index contributed by atoms with van der Waals surface area (Å²) >= 11 is 1.47. The Morgan fingerprint density at radius 3 is 2.59 bits per heavy atom. The fourth-order valence-electron chi connectivity index (χ4n) is 3.17. The van der Waals surface area contributed by atoms with Crippen LogP contribution in [0.25, 0.3) is 0 Å². The Morgan fingerprint density at radius 1 is 1.30 bits per heavy atom. The van der Waals surface area contributed by atoms with E-state index in [4.69, 9.17) is 4.74 Å². The van der Waals surface area contributed by atoms with Crippen LogP contribution < -0.4 is 9.64 Å². The highest BCUT2D eigenvalue weighted by Crippen LogP contribution is 2.29. The van der Waals surface area contributed by atoms with Crippen molar-refractivity contribution in [2.45, 2.75) is 50.5 Å². The second-order valence-corrected chi connectivity index (χ2v) is 10.1. The van der Waals surface area contributed by atoms with Crippen molar-refractivity contribution >= 4 is 26.5 Å². The normalized spacial score (nSPS) is 17.3. The Balaban J connectivity index is 1.57.